The average molecular weight is 229 g/mol. The first-order valence-electron chi connectivity index (χ1n) is 5.19. The second kappa shape index (κ2) is 4.66. The molecule has 5 nitrogen and oxygen atoms in total. The molecule has 0 bridgehead atoms. The van der Waals surface area contributed by atoms with Crippen LogP contribution in [0, 0.1) is 12.3 Å². The number of aromatic nitrogens is 1. The molecule has 5 heteroatoms. The molecule has 2 rings (SSSR count). The van der Waals surface area contributed by atoms with Gasteiger partial charge in [-0.2, -0.15) is 0 Å². The van der Waals surface area contributed by atoms with Gasteiger partial charge in [0.2, 0.25) is 5.91 Å². The normalized spacial score (nSPS) is 15.4. The first kappa shape index (κ1) is 11.1. The van der Waals surface area contributed by atoms with E-state index in [-0.39, 0.29) is 11.9 Å². The van der Waals surface area contributed by atoms with Crippen LogP contribution in [0.5, 0.6) is 0 Å². The van der Waals surface area contributed by atoms with Crippen molar-refractivity contribution in [1.29, 1.82) is 0 Å². The minimum absolute atomic E-state index is 0.234. The maximum Gasteiger partial charge on any atom is 0.324 e. The summed E-state index contributed by atoms with van der Waals surface area (Å²) in [5, 5.41) is 2.26. The summed E-state index contributed by atoms with van der Waals surface area (Å²) < 4.78 is 0. The molecule has 86 valence electrons. The van der Waals surface area contributed by atoms with Gasteiger partial charge in [-0.05, 0) is 12.1 Å². The monoisotopic (exact) mass is 229 g/mol. The molecule has 0 spiro atoms. The van der Waals surface area contributed by atoms with E-state index in [0.717, 1.165) is 5.69 Å². The Hall–Kier alpha value is -2.35. The minimum atomic E-state index is -0.371. The van der Waals surface area contributed by atoms with Crippen LogP contribution in [-0.2, 0) is 11.3 Å². The highest BCUT2D eigenvalue weighted by Crippen LogP contribution is 2.07. The fourth-order valence-electron chi connectivity index (χ4n) is 1.55. The predicted molar refractivity (Wildman–Crippen MR) is 60.7 cm³/mol. The molecule has 0 aliphatic carbocycles. The number of carbonyl (C=O) groups is 2. The molecule has 1 aromatic heterocycles. The highest BCUT2D eigenvalue weighted by atomic mass is 16.2. The van der Waals surface area contributed by atoms with Crippen molar-refractivity contribution < 1.29 is 9.59 Å². The van der Waals surface area contributed by atoms with Crippen molar-refractivity contribution in [2.24, 2.45) is 0 Å². The smallest absolute Gasteiger partial charge is 0.318 e. The fraction of sp³-hybridized carbons (Fsp3) is 0.250. The summed E-state index contributed by atoms with van der Waals surface area (Å²) in [4.78, 5) is 28.1. The second-order valence-corrected chi connectivity index (χ2v) is 3.71. The van der Waals surface area contributed by atoms with Crippen molar-refractivity contribution >= 4 is 11.9 Å². The highest BCUT2D eigenvalue weighted by molar-refractivity contribution is 5.96. The molecule has 0 unspecified atom stereocenters. The summed E-state index contributed by atoms with van der Waals surface area (Å²) in [6.45, 7) is 0.799. The van der Waals surface area contributed by atoms with Gasteiger partial charge in [-0.15, -0.1) is 6.42 Å². The number of hydrogen-bond acceptors (Lipinski definition) is 3. The molecule has 1 aliphatic rings. The number of imide groups is 1. The number of terminal acetylenes is 1. The van der Waals surface area contributed by atoms with Crippen molar-refractivity contribution in [3.8, 4) is 12.3 Å². The number of amides is 3. The summed E-state index contributed by atoms with van der Waals surface area (Å²) in [5.74, 6) is 2.24. The molecular weight excluding hydrogens is 218 g/mol. The van der Waals surface area contributed by atoms with Gasteiger partial charge in [-0.1, -0.05) is 5.92 Å². The van der Waals surface area contributed by atoms with Gasteiger partial charge in [0.1, 0.15) is 0 Å². The lowest BCUT2D eigenvalue weighted by molar-refractivity contribution is -0.121. The zero-order valence-electron chi connectivity index (χ0n) is 9.14. The number of carbonyl (C=O) groups excluding carboxylic acids is 2. The predicted octanol–water partition coefficient (Wildman–Crippen LogP) is 0.505. The number of pyridine rings is 1. The van der Waals surface area contributed by atoms with Crippen LogP contribution in [0.2, 0.25) is 0 Å². The molecule has 3 amide bonds. The minimum Gasteiger partial charge on any atom is -0.318 e. The standard InChI is InChI=1S/C12H11N3O2/c1-2-9-3-4-10(13-7-9)8-15-6-5-11(16)14-12(15)17/h1,3-4,7H,5-6,8H2,(H,14,16,17). The molecule has 1 aliphatic heterocycles. The average Bonchev–Trinajstić information content (AvgIpc) is 2.34. The van der Waals surface area contributed by atoms with Crippen molar-refractivity contribution in [3.63, 3.8) is 0 Å². The van der Waals surface area contributed by atoms with Crippen molar-refractivity contribution in [1.82, 2.24) is 15.2 Å². The van der Waals surface area contributed by atoms with E-state index in [1.54, 1.807) is 23.2 Å². The van der Waals surface area contributed by atoms with Gasteiger partial charge in [-0.25, -0.2) is 4.79 Å². The molecule has 2 heterocycles. The summed E-state index contributed by atoms with van der Waals surface area (Å²) in [5.41, 5.74) is 1.44. The van der Waals surface area contributed by atoms with Crippen LogP contribution in [0.3, 0.4) is 0 Å². The topological polar surface area (TPSA) is 62.3 Å². The summed E-state index contributed by atoms with van der Waals surface area (Å²) in [6.07, 6.45) is 7.13. The highest BCUT2D eigenvalue weighted by Gasteiger charge is 2.22. The summed E-state index contributed by atoms with van der Waals surface area (Å²) in [7, 11) is 0. The van der Waals surface area contributed by atoms with Gasteiger partial charge in [0.25, 0.3) is 0 Å². The molecule has 17 heavy (non-hydrogen) atoms. The summed E-state index contributed by atoms with van der Waals surface area (Å²) >= 11 is 0. The van der Waals surface area contributed by atoms with E-state index < -0.39 is 0 Å². The maximum atomic E-state index is 11.5. The van der Waals surface area contributed by atoms with E-state index in [0.29, 0.717) is 25.1 Å². The van der Waals surface area contributed by atoms with Crippen LogP contribution in [0.15, 0.2) is 18.3 Å². The molecule has 1 fully saturated rings. The zero-order chi connectivity index (χ0) is 12.3. The zero-order valence-corrected chi connectivity index (χ0v) is 9.14. The third kappa shape index (κ3) is 2.61. The lowest BCUT2D eigenvalue weighted by Gasteiger charge is -2.25. The first-order valence-corrected chi connectivity index (χ1v) is 5.19. The SMILES string of the molecule is C#Cc1ccc(CN2CCC(=O)NC2=O)nc1. The Morgan fingerprint density at radius 2 is 2.29 bits per heavy atom. The maximum absolute atomic E-state index is 11.5. The molecule has 1 saturated heterocycles. The Kier molecular flexibility index (Phi) is 3.06. The Balaban J connectivity index is 2.03. The Morgan fingerprint density at radius 1 is 1.47 bits per heavy atom. The van der Waals surface area contributed by atoms with E-state index in [4.69, 9.17) is 6.42 Å². The van der Waals surface area contributed by atoms with Crippen molar-refractivity contribution in [2.75, 3.05) is 6.54 Å². The number of nitrogens with zero attached hydrogens (tertiary/aromatic N) is 2. The van der Waals surface area contributed by atoms with Crippen LogP contribution >= 0.6 is 0 Å². The summed E-state index contributed by atoms with van der Waals surface area (Å²) in [6, 6.07) is 3.18. The van der Waals surface area contributed by atoms with E-state index in [1.807, 2.05) is 0 Å². The van der Waals surface area contributed by atoms with Crippen molar-refractivity contribution in [3.05, 3.63) is 29.6 Å². The number of hydrogen-bond donors (Lipinski definition) is 1. The number of rotatable bonds is 2. The lowest BCUT2D eigenvalue weighted by atomic mass is 10.2. The molecule has 0 saturated carbocycles. The molecule has 1 aromatic rings. The number of nitrogens with one attached hydrogen (secondary N) is 1. The molecule has 0 radical (unpaired) electrons. The molecule has 0 atom stereocenters. The lowest BCUT2D eigenvalue weighted by Crippen LogP contribution is -2.48. The van der Waals surface area contributed by atoms with Crippen molar-refractivity contribution in [2.45, 2.75) is 13.0 Å². The van der Waals surface area contributed by atoms with Gasteiger partial charge >= 0.3 is 6.03 Å². The van der Waals surface area contributed by atoms with Crippen LogP contribution in [0.1, 0.15) is 17.7 Å². The first-order chi connectivity index (χ1) is 8.19. The number of urea groups is 1. The second-order valence-electron chi connectivity index (χ2n) is 3.71. The van der Waals surface area contributed by atoms with E-state index >= 15 is 0 Å². The van der Waals surface area contributed by atoms with Gasteiger partial charge in [0.05, 0.1) is 12.2 Å². The van der Waals surface area contributed by atoms with Crippen LogP contribution in [0.25, 0.3) is 0 Å². The van der Waals surface area contributed by atoms with E-state index in [9.17, 15) is 9.59 Å². The van der Waals surface area contributed by atoms with Gasteiger partial charge < -0.3 is 4.90 Å². The van der Waals surface area contributed by atoms with Gasteiger partial charge in [0, 0.05) is 24.7 Å². The Morgan fingerprint density at radius 3 is 2.88 bits per heavy atom. The van der Waals surface area contributed by atoms with Gasteiger partial charge in [0.15, 0.2) is 0 Å². The van der Waals surface area contributed by atoms with E-state index in [2.05, 4.69) is 16.2 Å². The Labute approximate surface area is 98.8 Å². The van der Waals surface area contributed by atoms with Crippen LogP contribution in [0.4, 0.5) is 4.79 Å². The molecular formula is C12H11N3O2. The van der Waals surface area contributed by atoms with Gasteiger partial charge in [-0.3, -0.25) is 15.1 Å². The Bertz CT molecular complexity index is 487. The third-order valence-electron chi connectivity index (χ3n) is 2.49. The van der Waals surface area contributed by atoms with Crippen LogP contribution < -0.4 is 5.32 Å². The molecule has 1 N–H and O–H groups in total. The fourth-order valence-corrected chi connectivity index (χ4v) is 1.55. The largest absolute Gasteiger partial charge is 0.324 e. The molecule has 0 aromatic carbocycles. The van der Waals surface area contributed by atoms with E-state index in [1.165, 1.54) is 0 Å². The van der Waals surface area contributed by atoms with Crippen LogP contribution in [-0.4, -0.2) is 28.4 Å². The quantitative estimate of drug-likeness (QED) is 0.751. The third-order valence-corrected chi connectivity index (χ3v) is 2.49.